The van der Waals surface area contributed by atoms with Crippen molar-refractivity contribution in [3.8, 4) is 0 Å². The fraction of sp³-hybridized carbons (Fsp3) is 0.636. The lowest BCUT2D eigenvalue weighted by Crippen LogP contribution is -1.88. The van der Waals surface area contributed by atoms with Gasteiger partial charge in [-0.1, -0.05) is 30.2 Å². The predicted octanol–water partition coefficient (Wildman–Crippen LogP) is 3.84. The third-order valence-electron chi connectivity index (χ3n) is 2.40. The fourth-order valence-electron chi connectivity index (χ4n) is 1.55. The van der Waals surface area contributed by atoms with Crippen LogP contribution in [-0.4, -0.2) is 0 Å². The Morgan fingerprint density at radius 3 is 2.82 bits per heavy atom. The van der Waals surface area contributed by atoms with E-state index in [9.17, 15) is 0 Å². The van der Waals surface area contributed by atoms with Crippen molar-refractivity contribution in [1.82, 2.24) is 0 Å². The molecule has 0 spiro atoms. The molecule has 62 valence electrons. The summed E-state index contributed by atoms with van der Waals surface area (Å²) >= 11 is 0. The molecule has 0 N–H and O–H groups in total. The predicted molar refractivity (Wildman–Crippen MR) is 50.6 cm³/mol. The minimum Gasteiger partial charge on any atom is -0.0818 e. The zero-order valence-corrected chi connectivity index (χ0v) is 7.69. The Morgan fingerprint density at radius 1 is 1.27 bits per heavy atom. The van der Waals surface area contributed by atoms with E-state index in [1.54, 1.807) is 11.1 Å². The molecule has 0 saturated heterocycles. The molecule has 0 unspecified atom stereocenters. The maximum absolute atomic E-state index is 2.39. The molecule has 0 aliphatic heterocycles. The van der Waals surface area contributed by atoms with E-state index in [1.807, 2.05) is 0 Å². The number of hydrogen-bond donors (Lipinski definition) is 0. The minimum atomic E-state index is 1.16. The summed E-state index contributed by atoms with van der Waals surface area (Å²) in [5, 5.41) is 0. The van der Waals surface area contributed by atoms with Crippen LogP contribution in [-0.2, 0) is 0 Å². The molecular formula is C11H18. The van der Waals surface area contributed by atoms with E-state index in [4.69, 9.17) is 0 Å². The minimum absolute atomic E-state index is 1.16. The Labute approximate surface area is 70.0 Å². The van der Waals surface area contributed by atoms with E-state index in [-0.39, 0.29) is 0 Å². The highest BCUT2D eigenvalue weighted by Gasteiger charge is 1.98. The summed E-state index contributed by atoms with van der Waals surface area (Å²) < 4.78 is 0. The van der Waals surface area contributed by atoms with Crippen molar-refractivity contribution in [2.75, 3.05) is 0 Å². The van der Waals surface area contributed by atoms with Crippen molar-refractivity contribution in [3.63, 3.8) is 0 Å². The van der Waals surface area contributed by atoms with Gasteiger partial charge in [0.25, 0.3) is 0 Å². The molecule has 11 heavy (non-hydrogen) atoms. The topological polar surface area (TPSA) is 0 Å². The highest BCUT2D eigenvalue weighted by Crippen LogP contribution is 2.18. The average Bonchev–Trinajstić information content (AvgIpc) is 1.96. The van der Waals surface area contributed by atoms with Crippen molar-refractivity contribution in [1.29, 1.82) is 0 Å². The summed E-state index contributed by atoms with van der Waals surface area (Å²) in [7, 11) is 0. The van der Waals surface area contributed by atoms with Gasteiger partial charge in [0.2, 0.25) is 0 Å². The summed E-state index contributed by atoms with van der Waals surface area (Å²) in [5.74, 6) is 0. The van der Waals surface area contributed by atoms with Crippen molar-refractivity contribution < 1.29 is 0 Å². The summed E-state index contributed by atoms with van der Waals surface area (Å²) in [5.41, 5.74) is 3.21. The van der Waals surface area contributed by atoms with E-state index >= 15 is 0 Å². The van der Waals surface area contributed by atoms with E-state index in [1.165, 1.54) is 25.7 Å². The zero-order valence-electron chi connectivity index (χ0n) is 7.69. The van der Waals surface area contributed by atoms with E-state index in [2.05, 4.69) is 26.0 Å². The Morgan fingerprint density at radius 2 is 2.09 bits per heavy atom. The van der Waals surface area contributed by atoms with Gasteiger partial charge in [-0.15, -0.1) is 0 Å². The molecule has 0 radical (unpaired) electrons. The second kappa shape index (κ2) is 4.38. The highest BCUT2D eigenvalue weighted by atomic mass is 14.0. The summed E-state index contributed by atoms with van der Waals surface area (Å²) in [6.45, 7) is 4.49. The van der Waals surface area contributed by atoms with Gasteiger partial charge in [0.1, 0.15) is 0 Å². The molecule has 0 nitrogen and oxygen atoms in total. The molecular weight excluding hydrogens is 132 g/mol. The molecule has 0 heteroatoms. The van der Waals surface area contributed by atoms with Crippen molar-refractivity contribution in [2.24, 2.45) is 0 Å². The molecule has 0 heterocycles. The smallest absolute Gasteiger partial charge is 0.0164 e. The molecule has 0 aromatic carbocycles. The monoisotopic (exact) mass is 150 g/mol. The first-order chi connectivity index (χ1) is 5.33. The SMILES string of the molecule is CC/C1=C/C/C=C(/C)CCC1. The molecule has 0 atom stereocenters. The molecule has 0 bridgehead atoms. The van der Waals surface area contributed by atoms with E-state index < -0.39 is 0 Å². The summed E-state index contributed by atoms with van der Waals surface area (Å²) in [6.07, 6.45) is 11.1. The van der Waals surface area contributed by atoms with Crippen LogP contribution in [0.15, 0.2) is 23.3 Å². The third-order valence-corrected chi connectivity index (χ3v) is 2.40. The quantitative estimate of drug-likeness (QED) is 0.498. The number of allylic oxidation sites excluding steroid dienone is 4. The Hall–Kier alpha value is -0.520. The van der Waals surface area contributed by atoms with Crippen LogP contribution in [0.5, 0.6) is 0 Å². The Kier molecular flexibility index (Phi) is 3.41. The second-order valence-electron chi connectivity index (χ2n) is 3.36. The van der Waals surface area contributed by atoms with Crippen LogP contribution in [0.2, 0.25) is 0 Å². The normalized spacial score (nSPS) is 29.3. The standard InChI is InChI=1S/C11H18/c1-3-11-8-4-6-10(2)7-5-9-11/h6,8H,3-5,7,9H2,1-2H3/b10-6-,11-8-. The molecule has 1 rings (SSSR count). The number of rotatable bonds is 1. The summed E-state index contributed by atoms with van der Waals surface area (Å²) in [4.78, 5) is 0. The van der Waals surface area contributed by atoms with Gasteiger partial charge in [-0.2, -0.15) is 0 Å². The first-order valence-electron chi connectivity index (χ1n) is 4.66. The molecule has 0 aromatic rings. The van der Waals surface area contributed by atoms with Crippen LogP contribution >= 0.6 is 0 Å². The molecule has 0 saturated carbocycles. The van der Waals surface area contributed by atoms with Crippen LogP contribution in [0, 0.1) is 0 Å². The van der Waals surface area contributed by atoms with E-state index in [0.29, 0.717) is 0 Å². The van der Waals surface area contributed by atoms with Gasteiger partial charge in [-0.05, 0) is 39.0 Å². The molecule has 1 aliphatic carbocycles. The van der Waals surface area contributed by atoms with Gasteiger partial charge in [-0.25, -0.2) is 0 Å². The third kappa shape index (κ3) is 2.92. The largest absolute Gasteiger partial charge is 0.0818 e. The molecule has 0 aromatic heterocycles. The highest BCUT2D eigenvalue weighted by molar-refractivity contribution is 5.10. The van der Waals surface area contributed by atoms with Crippen LogP contribution in [0.4, 0.5) is 0 Å². The Bertz CT molecular complexity index is 172. The van der Waals surface area contributed by atoms with Crippen LogP contribution < -0.4 is 0 Å². The van der Waals surface area contributed by atoms with Gasteiger partial charge in [0.15, 0.2) is 0 Å². The van der Waals surface area contributed by atoms with Crippen molar-refractivity contribution >= 4 is 0 Å². The molecule has 1 aliphatic rings. The Balaban J connectivity index is 2.53. The lowest BCUT2D eigenvalue weighted by atomic mass is 9.99. The van der Waals surface area contributed by atoms with Crippen LogP contribution in [0.1, 0.15) is 46.0 Å². The van der Waals surface area contributed by atoms with Gasteiger partial charge in [0.05, 0.1) is 0 Å². The fourth-order valence-corrected chi connectivity index (χ4v) is 1.55. The zero-order chi connectivity index (χ0) is 8.10. The maximum Gasteiger partial charge on any atom is -0.0164 e. The van der Waals surface area contributed by atoms with Gasteiger partial charge in [-0.3, -0.25) is 0 Å². The van der Waals surface area contributed by atoms with Crippen molar-refractivity contribution in [2.45, 2.75) is 46.0 Å². The first-order valence-corrected chi connectivity index (χ1v) is 4.66. The second-order valence-corrected chi connectivity index (χ2v) is 3.36. The molecule has 0 fully saturated rings. The number of hydrogen-bond acceptors (Lipinski definition) is 0. The summed E-state index contributed by atoms with van der Waals surface area (Å²) in [6, 6.07) is 0. The first kappa shape index (κ1) is 8.58. The van der Waals surface area contributed by atoms with Gasteiger partial charge < -0.3 is 0 Å². The average molecular weight is 150 g/mol. The van der Waals surface area contributed by atoms with Crippen LogP contribution in [0.25, 0.3) is 0 Å². The molecule has 0 amide bonds. The lowest BCUT2D eigenvalue weighted by Gasteiger charge is -2.08. The van der Waals surface area contributed by atoms with E-state index in [0.717, 1.165) is 6.42 Å². The van der Waals surface area contributed by atoms with Gasteiger partial charge in [0, 0.05) is 0 Å². The van der Waals surface area contributed by atoms with Crippen LogP contribution in [0.3, 0.4) is 0 Å². The lowest BCUT2D eigenvalue weighted by molar-refractivity contribution is 0.766. The maximum atomic E-state index is 2.39. The van der Waals surface area contributed by atoms with Crippen molar-refractivity contribution in [3.05, 3.63) is 23.3 Å². The van der Waals surface area contributed by atoms with Gasteiger partial charge >= 0.3 is 0 Å².